The van der Waals surface area contributed by atoms with Gasteiger partial charge < -0.3 is 120 Å². The second-order valence-corrected chi connectivity index (χ2v) is 14.0. The monoisotopic (exact) mass is 795 g/mol. The van der Waals surface area contributed by atoms with Crippen LogP contribution in [-0.4, -0.2) is 245 Å². The van der Waals surface area contributed by atoms with Crippen molar-refractivity contribution >= 4 is 0 Å². The summed E-state index contributed by atoms with van der Waals surface area (Å²) in [5.74, 6) is 0. The van der Waals surface area contributed by atoms with E-state index in [0.29, 0.717) is 0 Å². The molecule has 0 radical (unpaired) electrons. The Balaban J connectivity index is 1.47. The molecule has 24 nitrogen and oxygen atoms in total. The van der Waals surface area contributed by atoms with Crippen molar-refractivity contribution in [2.75, 3.05) is 19.8 Å². The van der Waals surface area contributed by atoms with Crippen LogP contribution in [-0.2, 0) is 42.6 Å². The van der Waals surface area contributed by atoms with Gasteiger partial charge in [0.05, 0.1) is 38.1 Å². The van der Waals surface area contributed by atoms with Crippen LogP contribution >= 0.6 is 0 Å². The summed E-state index contributed by atoms with van der Waals surface area (Å²) in [7, 11) is 0. The van der Waals surface area contributed by atoms with Crippen LogP contribution in [0.1, 0.15) is 13.8 Å². The van der Waals surface area contributed by atoms with Crippen LogP contribution in [0, 0.1) is 0 Å². The Hall–Kier alpha value is -0.960. The largest absolute Gasteiger partial charge is 0.394 e. The molecule has 5 heterocycles. The fourth-order valence-electron chi connectivity index (χ4n) is 6.94. The van der Waals surface area contributed by atoms with Crippen molar-refractivity contribution in [3.05, 3.63) is 0 Å². The maximum atomic E-state index is 11.1. The normalized spacial score (nSPS) is 54.7. The highest BCUT2D eigenvalue weighted by Gasteiger charge is 2.57. The predicted octanol–water partition coefficient (Wildman–Crippen LogP) is -9.90. The predicted molar refractivity (Wildman–Crippen MR) is 166 cm³/mol. The zero-order valence-corrected chi connectivity index (χ0v) is 29.1. The maximum absolute atomic E-state index is 11.1. The van der Waals surface area contributed by atoms with Crippen LogP contribution in [0.4, 0.5) is 0 Å². The number of ether oxygens (including phenoxy) is 9. The maximum Gasteiger partial charge on any atom is 0.187 e. The van der Waals surface area contributed by atoms with Crippen molar-refractivity contribution in [2.24, 2.45) is 5.73 Å². The lowest BCUT2D eigenvalue weighted by Gasteiger charge is -2.51. The molecular weight excluding hydrogens is 742 g/mol. The molecule has 0 bridgehead atoms. The molecule has 0 aromatic heterocycles. The van der Waals surface area contributed by atoms with Crippen LogP contribution in [0.5, 0.6) is 0 Å². The molecule has 5 saturated heterocycles. The Kier molecular flexibility index (Phi) is 15.0. The molecule has 0 spiro atoms. The molecule has 24 heteroatoms. The van der Waals surface area contributed by atoms with Gasteiger partial charge in [0.15, 0.2) is 31.5 Å². The first kappa shape index (κ1) is 44.1. The standard InChI is InChI=1S/C30H53NO23/c1-6-12(35)16(39)19(42)28(46-6)52-23-11(31)27(53-24-15(38)9(4-33)48-26(45)21(24)44)50-10(5-34)22(23)51-30-25(18(41)14(37)8(3-32)49-30)54-29-20(43)17(40)13(36)7(2)47-29/h6-30,32-45H,3-5,31H2,1-2H3/t6?,7?,8?,9?,10?,11?,12-,13+,14+,15+,16-,17?,18+,19?,20+,21?,22-,23-,24+,25?,26-,27+,28+,29+,30+/m1/s1. The topological polar surface area (TPSA) is 392 Å². The molecule has 25 atom stereocenters. The summed E-state index contributed by atoms with van der Waals surface area (Å²) in [5.41, 5.74) is 6.56. The van der Waals surface area contributed by atoms with Gasteiger partial charge in [0.1, 0.15) is 104 Å². The SMILES string of the molecule is CC1O[C@@H](OC2[C@H](O[C@@H]3C(CO)O[C@@H](O[C@@H]4C(O)[C@H](O)OC(CO)[C@@H]4O)C(N)[C@H]3O[C@@H]3OC(C)[C@@H](O)[C@@H](O)C3O)OC(CO)[C@H](O)[C@@H]2O)[C@@H](O)C(O)[C@H]1O. The van der Waals surface area contributed by atoms with Gasteiger partial charge in [0.2, 0.25) is 0 Å². The van der Waals surface area contributed by atoms with Gasteiger partial charge in [-0.05, 0) is 13.8 Å². The van der Waals surface area contributed by atoms with Gasteiger partial charge >= 0.3 is 0 Å². The van der Waals surface area contributed by atoms with Crippen LogP contribution in [0.3, 0.4) is 0 Å². The molecule has 0 saturated carbocycles. The molecule has 5 fully saturated rings. The van der Waals surface area contributed by atoms with Crippen molar-refractivity contribution in [1.29, 1.82) is 0 Å². The van der Waals surface area contributed by atoms with Crippen molar-refractivity contribution in [2.45, 2.75) is 167 Å². The third-order valence-corrected chi connectivity index (χ3v) is 10.3. The summed E-state index contributed by atoms with van der Waals surface area (Å²) < 4.78 is 51.4. The lowest BCUT2D eigenvalue weighted by molar-refractivity contribution is -0.397. The summed E-state index contributed by atoms with van der Waals surface area (Å²) in [6.45, 7) is 0.0525. The van der Waals surface area contributed by atoms with Crippen LogP contribution in [0.2, 0.25) is 0 Å². The van der Waals surface area contributed by atoms with Gasteiger partial charge in [-0.3, -0.25) is 0 Å². The molecule has 5 aliphatic rings. The molecule has 10 unspecified atom stereocenters. The highest BCUT2D eigenvalue weighted by molar-refractivity contribution is 5.00. The molecular formula is C30H53NO23. The van der Waals surface area contributed by atoms with Gasteiger partial charge in [0.25, 0.3) is 0 Å². The number of nitrogens with two attached hydrogens (primary N) is 1. The van der Waals surface area contributed by atoms with Crippen LogP contribution in [0.25, 0.3) is 0 Å². The first-order valence-electron chi connectivity index (χ1n) is 17.4. The molecule has 0 aliphatic carbocycles. The highest BCUT2D eigenvalue weighted by Crippen LogP contribution is 2.36. The number of hydrogen-bond acceptors (Lipinski definition) is 24. The summed E-state index contributed by atoms with van der Waals surface area (Å²) in [6.07, 6.45) is -41.1. The minimum atomic E-state index is -1.97. The smallest absolute Gasteiger partial charge is 0.187 e. The number of aliphatic hydroxyl groups is 14. The van der Waals surface area contributed by atoms with Crippen molar-refractivity contribution in [3.63, 3.8) is 0 Å². The second kappa shape index (κ2) is 18.3. The Bertz CT molecular complexity index is 1180. The number of aliphatic hydroxyl groups excluding tert-OH is 14. The van der Waals surface area contributed by atoms with Gasteiger partial charge in [-0.15, -0.1) is 0 Å². The molecule has 5 rings (SSSR count). The number of hydrogen-bond donors (Lipinski definition) is 15. The molecule has 316 valence electrons. The van der Waals surface area contributed by atoms with Gasteiger partial charge in [-0.2, -0.15) is 0 Å². The molecule has 5 aliphatic heterocycles. The molecule has 0 amide bonds. The van der Waals surface area contributed by atoms with E-state index in [1.54, 1.807) is 0 Å². The average molecular weight is 796 g/mol. The Morgan fingerprint density at radius 1 is 0.389 bits per heavy atom. The Morgan fingerprint density at radius 2 is 0.833 bits per heavy atom. The summed E-state index contributed by atoms with van der Waals surface area (Å²) in [6, 6.07) is -1.65. The minimum absolute atomic E-state index is 0.812. The number of rotatable bonds is 11. The van der Waals surface area contributed by atoms with Crippen LogP contribution in [0.15, 0.2) is 0 Å². The van der Waals surface area contributed by atoms with Crippen molar-refractivity contribution in [1.82, 2.24) is 0 Å². The second-order valence-electron chi connectivity index (χ2n) is 14.0. The highest BCUT2D eigenvalue weighted by atomic mass is 16.8. The van der Waals surface area contributed by atoms with E-state index in [1.807, 2.05) is 0 Å². The van der Waals surface area contributed by atoms with Gasteiger partial charge in [-0.25, -0.2) is 0 Å². The quantitative estimate of drug-likeness (QED) is 0.0923. The average Bonchev–Trinajstić information content (AvgIpc) is 3.15. The van der Waals surface area contributed by atoms with E-state index in [0.717, 1.165) is 0 Å². The fourth-order valence-corrected chi connectivity index (χ4v) is 6.94. The first-order valence-corrected chi connectivity index (χ1v) is 17.4. The molecule has 54 heavy (non-hydrogen) atoms. The first-order chi connectivity index (χ1) is 25.4. The van der Waals surface area contributed by atoms with Gasteiger partial charge in [0, 0.05) is 0 Å². The fraction of sp³-hybridized carbons (Fsp3) is 1.00. The van der Waals surface area contributed by atoms with Crippen LogP contribution < -0.4 is 5.73 Å². The van der Waals surface area contributed by atoms with E-state index >= 15 is 0 Å². The molecule has 0 aromatic rings. The third kappa shape index (κ3) is 8.72. The third-order valence-electron chi connectivity index (χ3n) is 10.3. The zero-order valence-electron chi connectivity index (χ0n) is 29.1. The van der Waals surface area contributed by atoms with E-state index < -0.39 is 173 Å². The van der Waals surface area contributed by atoms with Gasteiger partial charge in [-0.1, -0.05) is 0 Å². The van der Waals surface area contributed by atoms with E-state index in [1.165, 1.54) is 13.8 Å². The van der Waals surface area contributed by atoms with Crippen molar-refractivity contribution < 1.29 is 114 Å². The van der Waals surface area contributed by atoms with E-state index in [-0.39, 0.29) is 0 Å². The molecule has 0 aromatic carbocycles. The van der Waals surface area contributed by atoms with E-state index in [2.05, 4.69) is 0 Å². The Morgan fingerprint density at radius 3 is 1.35 bits per heavy atom. The lowest BCUT2D eigenvalue weighted by Crippen LogP contribution is -2.70. The summed E-state index contributed by atoms with van der Waals surface area (Å²) in [4.78, 5) is 0. The lowest BCUT2D eigenvalue weighted by atomic mass is 9.94. The van der Waals surface area contributed by atoms with E-state index in [9.17, 15) is 71.5 Å². The molecule has 16 N–H and O–H groups in total. The summed E-state index contributed by atoms with van der Waals surface area (Å²) >= 11 is 0. The zero-order chi connectivity index (χ0) is 39.9. The minimum Gasteiger partial charge on any atom is -0.394 e. The summed E-state index contributed by atoms with van der Waals surface area (Å²) in [5, 5.41) is 146. The Labute approximate surface area is 307 Å². The van der Waals surface area contributed by atoms with Crippen molar-refractivity contribution in [3.8, 4) is 0 Å². The van der Waals surface area contributed by atoms with E-state index in [4.69, 9.17) is 48.4 Å².